The molecule has 0 radical (unpaired) electrons. The highest BCUT2D eigenvalue weighted by Crippen LogP contribution is 2.34. The summed E-state index contributed by atoms with van der Waals surface area (Å²) in [5, 5.41) is 4.56. The molecule has 0 spiro atoms. The quantitative estimate of drug-likeness (QED) is 0.828. The van der Waals surface area contributed by atoms with Crippen molar-refractivity contribution in [1.82, 2.24) is 9.97 Å². The Labute approximate surface area is 132 Å². The molecule has 2 rings (SSSR count). The molecule has 0 saturated heterocycles. The number of nitrogens with zero attached hydrogens (tertiary/aromatic N) is 2. The third-order valence-electron chi connectivity index (χ3n) is 2.78. The summed E-state index contributed by atoms with van der Waals surface area (Å²) >= 11 is 7.48. The number of amides is 1. The van der Waals surface area contributed by atoms with Crippen LogP contribution in [0.1, 0.15) is 24.4 Å². The molecule has 0 aliphatic rings. The third kappa shape index (κ3) is 3.92. The summed E-state index contributed by atoms with van der Waals surface area (Å²) in [5.41, 5.74) is 7.71. The Bertz CT molecular complexity index is 669. The second-order valence-electron chi connectivity index (χ2n) is 5.02. The molecule has 0 unspecified atom stereocenters. The Morgan fingerprint density at radius 2 is 2.24 bits per heavy atom. The number of pyridine rings is 1. The van der Waals surface area contributed by atoms with Crippen molar-refractivity contribution in [2.45, 2.75) is 33.2 Å². The van der Waals surface area contributed by atoms with Crippen molar-refractivity contribution >= 4 is 34.5 Å². The average Bonchev–Trinajstić information content (AvgIpc) is 2.69. The van der Waals surface area contributed by atoms with Crippen LogP contribution in [0.2, 0.25) is 5.15 Å². The molecule has 7 heteroatoms. The number of carbonyl (C=O) groups excluding carboxylic acids is 1. The minimum atomic E-state index is -0.385. The van der Waals surface area contributed by atoms with E-state index in [2.05, 4.69) is 15.3 Å². The molecule has 1 amide bonds. The Hall–Kier alpha value is -1.66. The molecule has 3 N–H and O–H groups in total. The van der Waals surface area contributed by atoms with E-state index in [0.29, 0.717) is 10.8 Å². The van der Waals surface area contributed by atoms with Crippen LogP contribution in [-0.2, 0) is 11.2 Å². The molecule has 0 fully saturated rings. The van der Waals surface area contributed by atoms with Gasteiger partial charge in [-0.2, -0.15) is 0 Å². The maximum atomic E-state index is 11.1. The first-order valence-electron chi connectivity index (χ1n) is 6.54. The molecular formula is C14H17ClN4OS. The fourth-order valence-corrected chi connectivity index (χ4v) is 3.02. The van der Waals surface area contributed by atoms with Crippen molar-refractivity contribution in [3.8, 4) is 10.6 Å². The second kappa shape index (κ2) is 6.41. The van der Waals surface area contributed by atoms with Crippen molar-refractivity contribution in [1.29, 1.82) is 0 Å². The van der Waals surface area contributed by atoms with Gasteiger partial charge in [-0.3, -0.25) is 4.79 Å². The highest BCUT2D eigenvalue weighted by atomic mass is 35.5. The van der Waals surface area contributed by atoms with Crippen LogP contribution in [0, 0.1) is 6.92 Å². The molecule has 2 aromatic rings. The van der Waals surface area contributed by atoms with Gasteiger partial charge in [-0.25, -0.2) is 9.97 Å². The van der Waals surface area contributed by atoms with E-state index in [1.807, 2.05) is 20.8 Å². The molecule has 0 aromatic carbocycles. The topological polar surface area (TPSA) is 80.9 Å². The highest BCUT2D eigenvalue weighted by molar-refractivity contribution is 7.15. The minimum Gasteiger partial charge on any atom is -0.382 e. The molecule has 5 nitrogen and oxygen atoms in total. The summed E-state index contributed by atoms with van der Waals surface area (Å²) < 4.78 is 0. The van der Waals surface area contributed by atoms with Crippen LogP contribution in [0.3, 0.4) is 0 Å². The smallest absolute Gasteiger partial charge is 0.223 e. The van der Waals surface area contributed by atoms with E-state index in [0.717, 1.165) is 21.1 Å². The van der Waals surface area contributed by atoms with Gasteiger partial charge >= 0.3 is 0 Å². The number of primary amides is 1. The molecule has 0 atom stereocenters. The number of hydrogen-bond donors (Lipinski definition) is 2. The standard InChI is InChI=1S/C14H17ClN4OS/c1-7(2)18-11-4-12(15)17-6-9(11)14-19-10(5-13(16)20)8(3)21-14/h4,6-7H,5H2,1-3H3,(H2,16,20)(H,17,18). The van der Waals surface area contributed by atoms with Gasteiger partial charge in [0.2, 0.25) is 5.91 Å². The molecule has 112 valence electrons. The largest absolute Gasteiger partial charge is 0.382 e. The molecule has 0 aliphatic heterocycles. The number of thiazole rings is 1. The maximum Gasteiger partial charge on any atom is 0.223 e. The van der Waals surface area contributed by atoms with E-state index >= 15 is 0 Å². The van der Waals surface area contributed by atoms with Crippen molar-refractivity contribution in [3.05, 3.63) is 28.0 Å². The van der Waals surface area contributed by atoms with E-state index in [4.69, 9.17) is 17.3 Å². The molecule has 2 aromatic heterocycles. The highest BCUT2D eigenvalue weighted by Gasteiger charge is 2.15. The van der Waals surface area contributed by atoms with E-state index in [1.54, 1.807) is 12.3 Å². The number of aryl methyl sites for hydroxylation is 1. The number of nitrogens with two attached hydrogens (primary N) is 1. The SMILES string of the molecule is Cc1sc(-c2cnc(Cl)cc2NC(C)C)nc1CC(N)=O. The minimum absolute atomic E-state index is 0.149. The maximum absolute atomic E-state index is 11.1. The molecule has 21 heavy (non-hydrogen) atoms. The zero-order valence-electron chi connectivity index (χ0n) is 12.1. The monoisotopic (exact) mass is 324 g/mol. The Kier molecular flexibility index (Phi) is 4.80. The second-order valence-corrected chi connectivity index (χ2v) is 6.61. The number of nitrogens with one attached hydrogen (secondary N) is 1. The predicted molar refractivity (Wildman–Crippen MR) is 86.7 cm³/mol. The van der Waals surface area contributed by atoms with Crippen LogP contribution < -0.4 is 11.1 Å². The Morgan fingerprint density at radius 3 is 2.86 bits per heavy atom. The first-order chi connectivity index (χ1) is 9.86. The van der Waals surface area contributed by atoms with Gasteiger partial charge in [0.05, 0.1) is 17.7 Å². The predicted octanol–water partition coefficient (Wildman–Crippen LogP) is 3.02. The van der Waals surface area contributed by atoms with Crippen molar-refractivity contribution in [2.75, 3.05) is 5.32 Å². The lowest BCUT2D eigenvalue weighted by molar-refractivity contribution is -0.117. The number of aromatic nitrogens is 2. The van der Waals surface area contributed by atoms with Gasteiger partial charge < -0.3 is 11.1 Å². The first kappa shape index (κ1) is 15.7. The van der Waals surface area contributed by atoms with Gasteiger partial charge in [-0.1, -0.05) is 11.6 Å². The normalized spacial score (nSPS) is 10.9. The van der Waals surface area contributed by atoms with Gasteiger partial charge in [0.25, 0.3) is 0 Å². The Balaban J connectivity index is 2.44. The summed E-state index contributed by atoms with van der Waals surface area (Å²) in [4.78, 5) is 20.7. The van der Waals surface area contributed by atoms with Gasteiger partial charge in [0.15, 0.2) is 0 Å². The number of rotatable bonds is 5. The lowest BCUT2D eigenvalue weighted by Crippen LogP contribution is -2.14. The number of anilines is 1. The van der Waals surface area contributed by atoms with Gasteiger partial charge in [-0.15, -0.1) is 11.3 Å². The van der Waals surface area contributed by atoms with Crippen molar-refractivity contribution in [2.24, 2.45) is 5.73 Å². The first-order valence-corrected chi connectivity index (χ1v) is 7.73. The zero-order valence-corrected chi connectivity index (χ0v) is 13.7. The van der Waals surface area contributed by atoms with Crippen LogP contribution in [-0.4, -0.2) is 21.9 Å². The van der Waals surface area contributed by atoms with Gasteiger partial charge in [0, 0.05) is 22.8 Å². The molecule has 0 saturated carbocycles. The van der Waals surface area contributed by atoms with E-state index in [9.17, 15) is 4.79 Å². The fraction of sp³-hybridized carbons (Fsp3) is 0.357. The van der Waals surface area contributed by atoms with E-state index in [-0.39, 0.29) is 18.4 Å². The number of hydrogen-bond acceptors (Lipinski definition) is 5. The summed E-state index contributed by atoms with van der Waals surface area (Å²) in [7, 11) is 0. The van der Waals surface area contributed by atoms with Gasteiger partial charge in [0.1, 0.15) is 10.2 Å². The Morgan fingerprint density at radius 1 is 1.52 bits per heavy atom. The summed E-state index contributed by atoms with van der Waals surface area (Å²) in [6.45, 7) is 6.02. The summed E-state index contributed by atoms with van der Waals surface area (Å²) in [6, 6.07) is 2.04. The van der Waals surface area contributed by atoms with Crippen LogP contribution in [0.5, 0.6) is 0 Å². The van der Waals surface area contributed by atoms with Crippen LogP contribution >= 0.6 is 22.9 Å². The van der Waals surface area contributed by atoms with E-state index in [1.165, 1.54) is 11.3 Å². The summed E-state index contributed by atoms with van der Waals surface area (Å²) in [5.74, 6) is -0.385. The number of halogens is 1. The number of carbonyl (C=O) groups is 1. The van der Waals surface area contributed by atoms with Crippen molar-refractivity contribution < 1.29 is 4.79 Å². The third-order valence-corrected chi connectivity index (χ3v) is 4.03. The van der Waals surface area contributed by atoms with Crippen LogP contribution in [0.4, 0.5) is 5.69 Å². The molecule has 0 bridgehead atoms. The average molecular weight is 325 g/mol. The van der Waals surface area contributed by atoms with Crippen molar-refractivity contribution in [3.63, 3.8) is 0 Å². The molecular weight excluding hydrogens is 308 g/mol. The van der Waals surface area contributed by atoms with Crippen LogP contribution in [0.15, 0.2) is 12.3 Å². The molecule has 2 heterocycles. The summed E-state index contributed by atoms with van der Waals surface area (Å²) in [6.07, 6.45) is 1.84. The lowest BCUT2D eigenvalue weighted by Gasteiger charge is -2.13. The fourth-order valence-electron chi connectivity index (χ4n) is 1.90. The zero-order chi connectivity index (χ0) is 15.6. The molecule has 0 aliphatic carbocycles. The van der Waals surface area contributed by atoms with Gasteiger partial charge in [-0.05, 0) is 26.8 Å². The lowest BCUT2D eigenvalue weighted by atomic mass is 10.2. The van der Waals surface area contributed by atoms with E-state index < -0.39 is 0 Å². The van der Waals surface area contributed by atoms with Crippen LogP contribution in [0.25, 0.3) is 10.6 Å².